The third kappa shape index (κ3) is 1.79. The smallest absolute Gasteiger partial charge is 0.145 e. The lowest BCUT2D eigenvalue weighted by Crippen LogP contribution is -2.04. The predicted octanol–water partition coefficient (Wildman–Crippen LogP) is 2.68. The zero-order chi connectivity index (χ0) is 11.8. The molecule has 88 valence electrons. The van der Waals surface area contributed by atoms with Gasteiger partial charge in [-0.25, -0.2) is 4.39 Å². The molecule has 17 heavy (non-hydrogen) atoms. The standard InChI is InChI=1S/C13H14FN3/c14-11-6-9-4-2-1-3-8(9)5-10(11)12-7-13(15)17-16-12/h5-7H,1-4H2,(H3,15,16,17). The van der Waals surface area contributed by atoms with Crippen molar-refractivity contribution in [1.82, 2.24) is 10.2 Å². The number of benzene rings is 1. The molecule has 2 aromatic rings. The first kappa shape index (κ1) is 10.3. The van der Waals surface area contributed by atoms with Crippen LogP contribution in [0.15, 0.2) is 18.2 Å². The summed E-state index contributed by atoms with van der Waals surface area (Å²) >= 11 is 0. The fourth-order valence-electron chi connectivity index (χ4n) is 2.44. The Balaban J connectivity index is 2.11. The SMILES string of the molecule is Nc1cc(-c2cc3c(cc2F)CCCC3)[nH]n1. The Kier molecular flexibility index (Phi) is 2.35. The molecule has 1 aromatic heterocycles. The van der Waals surface area contributed by atoms with Crippen LogP contribution in [-0.4, -0.2) is 10.2 Å². The number of halogens is 1. The van der Waals surface area contributed by atoms with Crippen LogP contribution in [0.1, 0.15) is 24.0 Å². The van der Waals surface area contributed by atoms with Crippen LogP contribution in [0.5, 0.6) is 0 Å². The van der Waals surface area contributed by atoms with Gasteiger partial charge in [-0.05, 0) is 48.9 Å². The fraction of sp³-hybridized carbons (Fsp3) is 0.308. The summed E-state index contributed by atoms with van der Waals surface area (Å²) in [6.45, 7) is 0. The Morgan fingerprint density at radius 3 is 2.47 bits per heavy atom. The molecule has 0 saturated carbocycles. The van der Waals surface area contributed by atoms with Crippen LogP contribution < -0.4 is 5.73 Å². The van der Waals surface area contributed by atoms with Gasteiger partial charge < -0.3 is 5.73 Å². The normalized spacial score (nSPS) is 14.6. The zero-order valence-electron chi connectivity index (χ0n) is 9.46. The number of nitrogen functional groups attached to an aromatic ring is 1. The summed E-state index contributed by atoms with van der Waals surface area (Å²) in [5, 5.41) is 6.59. The van der Waals surface area contributed by atoms with E-state index in [0.717, 1.165) is 24.8 Å². The molecule has 0 unspecified atom stereocenters. The van der Waals surface area contributed by atoms with E-state index in [1.54, 1.807) is 12.1 Å². The molecule has 0 fully saturated rings. The maximum Gasteiger partial charge on any atom is 0.145 e. The van der Waals surface area contributed by atoms with E-state index in [-0.39, 0.29) is 5.82 Å². The number of anilines is 1. The van der Waals surface area contributed by atoms with E-state index in [1.165, 1.54) is 12.0 Å². The summed E-state index contributed by atoms with van der Waals surface area (Å²) in [5.74, 6) is 0.187. The van der Waals surface area contributed by atoms with E-state index >= 15 is 0 Å². The number of fused-ring (bicyclic) bond motifs is 1. The lowest BCUT2D eigenvalue weighted by molar-refractivity contribution is 0.617. The molecule has 0 aliphatic heterocycles. The van der Waals surface area contributed by atoms with Gasteiger partial charge in [0.05, 0.1) is 5.69 Å². The van der Waals surface area contributed by atoms with Gasteiger partial charge in [-0.2, -0.15) is 5.10 Å². The Bertz CT molecular complexity index is 560. The summed E-state index contributed by atoms with van der Waals surface area (Å²) in [6, 6.07) is 5.24. The lowest BCUT2D eigenvalue weighted by Gasteiger charge is -2.16. The minimum atomic E-state index is -0.200. The highest BCUT2D eigenvalue weighted by Crippen LogP contribution is 2.29. The molecule has 1 heterocycles. The number of H-pyrrole nitrogens is 1. The van der Waals surface area contributed by atoms with E-state index in [0.29, 0.717) is 17.1 Å². The summed E-state index contributed by atoms with van der Waals surface area (Å²) in [5.41, 5.74) is 9.14. The fourth-order valence-corrected chi connectivity index (χ4v) is 2.44. The van der Waals surface area contributed by atoms with Crippen molar-refractivity contribution in [2.24, 2.45) is 0 Å². The molecule has 0 amide bonds. The van der Waals surface area contributed by atoms with Crippen molar-refractivity contribution in [3.05, 3.63) is 35.1 Å². The van der Waals surface area contributed by atoms with Crippen LogP contribution in [0.3, 0.4) is 0 Å². The number of aromatic amines is 1. The zero-order valence-corrected chi connectivity index (χ0v) is 9.46. The number of nitrogens with two attached hydrogens (primary N) is 1. The topological polar surface area (TPSA) is 54.7 Å². The molecule has 0 saturated heterocycles. The van der Waals surface area contributed by atoms with Crippen LogP contribution >= 0.6 is 0 Å². The number of rotatable bonds is 1. The number of aryl methyl sites for hydroxylation is 2. The van der Waals surface area contributed by atoms with Crippen molar-refractivity contribution in [3.8, 4) is 11.3 Å². The average Bonchev–Trinajstić information content (AvgIpc) is 2.75. The lowest BCUT2D eigenvalue weighted by atomic mass is 9.89. The quantitative estimate of drug-likeness (QED) is 0.792. The van der Waals surface area contributed by atoms with E-state index in [9.17, 15) is 4.39 Å². The highest BCUT2D eigenvalue weighted by Gasteiger charge is 2.15. The number of hydrogen-bond acceptors (Lipinski definition) is 2. The van der Waals surface area contributed by atoms with Gasteiger partial charge >= 0.3 is 0 Å². The van der Waals surface area contributed by atoms with Crippen LogP contribution in [0, 0.1) is 5.82 Å². The first-order valence-corrected chi connectivity index (χ1v) is 5.86. The van der Waals surface area contributed by atoms with Crippen molar-refractivity contribution >= 4 is 5.82 Å². The van der Waals surface area contributed by atoms with Gasteiger partial charge in [0.1, 0.15) is 11.6 Å². The van der Waals surface area contributed by atoms with Gasteiger partial charge in [0, 0.05) is 11.6 Å². The Morgan fingerprint density at radius 1 is 1.12 bits per heavy atom. The molecule has 1 aliphatic carbocycles. The Labute approximate surface area is 98.8 Å². The van der Waals surface area contributed by atoms with Gasteiger partial charge in [-0.1, -0.05) is 0 Å². The summed E-state index contributed by atoms with van der Waals surface area (Å²) in [7, 11) is 0. The maximum atomic E-state index is 14.0. The van der Waals surface area contributed by atoms with Crippen LogP contribution in [0.4, 0.5) is 10.2 Å². The number of aromatic nitrogens is 2. The first-order valence-electron chi connectivity index (χ1n) is 5.86. The molecule has 3 N–H and O–H groups in total. The summed E-state index contributed by atoms with van der Waals surface area (Å²) in [6.07, 6.45) is 4.36. The minimum Gasteiger partial charge on any atom is -0.382 e. The molecule has 4 heteroatoms. The highest BCUT2D eigenvalue weighted by atomic mass is 19.1. The minimum absolute atomic E-state index is 0.200. The Morgan fingerprint density at radius 2 is 1.82 bits per heavy atom. The van der Waals surface area contributed by atoms with E-state index < -0.39 is 0 Å². The molecular weight excluding hydrogens is 217 g/mol. The molecule has 0 radical (unpaired) electrons. The van der Waals surface area contributed by atoms with Gasteiger partial charge in [-0.3, -0.25) is 5.10 Å². The highest BCUT2D eigenvalue weighted by molar-refractivity contribution is 5.64. The molecular formula is C13H14FN3. The maximum absolute atomic E-state index is 14.0. The molecule has 1 aromatic carbocycles. The van der Waals surface area contributed by atoms with Crippen LogP contribution in [0.25, 0.3) is 11.3 Å². The van der Waals surface area contributed by atoms with Crippen molar-refractivity contribution < 1.29 is 4.39 Å². The van der Waals surface area contributed by atoms with Crippen molar-refractivity contribution in [2.75, 3.05) is 5.73 Å². The molecule has 0 bridgehead atoms. The van der Waals surface area contributed by atoms with E-state index in [1.807, 2.05) is 6.07 Å². The first-order chi connectivity index (χ1) is 8.24. The van der Waals surface area contributed by atoms with Crippen LogP contribution in [-0.2, 0) is 12.8 Å². The van der Waals surface area contributed by atoms with Crippen molar-refractivity contribution in [1.29, 1.82) is 0 Å². The number of nitrogens with zero attached hydrogens (tertiary/aromatic N) is 1. The van der Waals surface area contributed by atoms with E-state index in [2.05, 4.69) is 10.2 Å². The molecule has 0 atom stereocenters. The largest absolute Gasteiger partial charge is 0.382 e. The third-order valence-corrected chi connectivity index (χ3v) is 3.32. The second-order valence-electron chi connectivity index (χ2n) is 4.51. The van der Waals surface area contributed by atoms with E-state index in [4.69, 9.17) is 5.73 Å². The molecule has 0 spiro atoms. The number of hydrogen-bond donors (Lipinski definition) is 2. The van der Waals surface area contributed by atoms with Gasteiger partial charge in [0.15, 0.2) is 0 Å². The second-order valence-corrected chi connectivity index (χ2v) is 4.51. The van der Waals surface area contributed by atoms with Gasteiger partial charge in [0.25, 0.3) is 0 Å². The second kappa shape index (κ2) is 3.87. The average molecular weight is 231 g/mol. The van der Waals surface area contributed by atoms with Crippen molar-refractivity contribution in [3.63, 3.8) is 0 Å². The summed E-state index contributed by atoms with van der Waals surface area (Å²) in [4.78, 5) is 0. The monoisotopic (exact) mass is 231 g/mol. The predicted molar refractivity (Wildman–Crippen MR) is 65.0 cm³/mol. The van der Waals surface area contributed by atoms with Gasteiger partial charge in [0.2, 0.25) is 0 Å². The molecule has 1 aliphatic rings. The third-order valence-electron chi connectivity index (χ3n) is 3.32. The van der Waals surface area contributed by atoms with Crippen LogP contribution in [0.2, 0.25) is 0 Å². The van der Waals surface area contributed by atoms with Gasteiger partial charge in [-0.15, -0.1) is 0 Å². The molecule has 3 rings (SSSR count). The summed E-state index contributed by atoms with van der Waals surface area (Å²) < 4.78 is 14.0. The Hall–Kier alpha value is -1.84. The molecule has 3 nitrogen and oxygen atoms in total. The number of nitrogens with one attached hydrogen (secondary N) is 1. The van der Waals surface area contributed by atoms with Crippen molar-refractivity contribution in [2.45, 2.75) is 25.7 Å².